The third kappa shape index (κ3) is 6.73. The second kappa shape index (κ2) is 13.1. The molecule has 3 heterocycles. The number of ether oxygens (including phenoxy) is 1. The van der Waals surface area contributed by atoms with Crippen molar-refractivity contribution >= 4 is 39.0 Å². The molecular formula is C31H45N7O6S. The first-order valence-corrected chi connectivity index (χ1v) is 17.2. The van der Waals surface area contributed by atoms with Gasteiger partial charge in [-0.25, -0.2) is 4.72 Å². The van der Waals surface area contributed by atoms with Crippen molar-refractivity contribution in [2.24, 2.45) is 11.7 Å². The van der Waals surface area contributed by atoms with Crippen LogP contribution in [0.3, 0.4) is 0 Å². The summed E-state index contributed by atoms with van der Waals surface area (Å²) in [5.41, 5.74) is 6.62. The van der Waals surface area contributed by atoms with Crippen LogP contribution in [-0.4, -0.2) is 89.3 Å². The Labute approximate surface area is 264 Å². The van der Waals surface area contributed by atoms with Crippen molar-refractivity contribution in [2.45, 2.75) is 95.0 Å². The summed E-state index contributed by atoms with van der Waals surface area (Å²) in [5.74, 6) is -2.11. The molecule has 5 rings (SSSR count). The molecule has 45 heavy (non-hydrogen) atoms. The minimum absolute atomic E-state index is 0.0919. The molecule has 6 atom stereocenters. The summed E-state index contributed by atoms with van der Waals surface area (Å²) in [6.45, 7) is 4.28. The van der Waals surface area contributed by atoms with Crippen molar-refractivity contribution in [3.63, 3.8) is 0 Å². The van der Waals surface area contributed by atoms with Gasteiger partial charge in [0.05, 0.1) is 23.6 Å². The maximum Gasteiger partial charge on any atom is 0.303 e. The maximum absolute atomic E-state index is 14.0. The van der Waals surface area contributed by atoms with Gasteiger partial charge < -0.3 is 20.7 Å². The smallest absolute Gasteiger partial charge is 0.303 e. The Hall–Kier alpha value is -3.49. The number of nitrogens with zero attached hydrogens (tertiary/aromatic N) is 4. The fourth-order valence-corrected chi connectivity index (χ4v) is 6.82. The second-order valence-corrected chi connectivity index (χ2v) is 14.5. The highest BCUT2D eigenvalue weighted by atomic mass is 32.2. The third-order valence-corrected chi connectivity index (χ3v) is 10.7. The predicted molar refractivity (Wildman–Crippen MR) is 169 cm³/mol. The van der Waals surface area contributed by atoms with Crippen molar-refractivity contribution < 1.29 is 27.5 Å². The van der Waals surface area contributed by atoms with E-state index in [2.05, 4.69) is 23.9 Å². The number of para-hydroxylation sites is 2. The Kier molecular flexibility index (Phi) is 9.57. The van der Waals surface area contributed by atoms with Crippen LogP contribution in [0.2, 0.25) is 0 Å². The van der Waals surface area contributed by atoms with E-state index in [4.69, 9.17) is 15.5 Å². The molecule has 2 aromatic rings. The van der Waals surface area contributed by atoms with Crippen molar-refractivity contribution in [2.75, 3.05) is 20.6 Å². The summed E-state index contributed by atoms with van der Waals surface area (Å²) in [7, 11) is -1.47. The molecule has 0 spiro atoms. The second-order valence-electron chi connectivity index (χ2n) is 12.7. The number of hydrogen-bond acceptors (Lipinski definition) is 8. The predicted octanol–water partition coefficient (Wildman–Crippen LogP) is 2.00. The van der Waals surface area contributed by atoms with Gasteiger partial charge in [-0.05, 0) is 51.2 Å². The Morgan fingerprint density at radius 3 is 2.73 bits per heavy atom. The van der Waals surface area contributed by atoms with Gasteiger partial charge in [-0.2, -0.15) is 17.7 Å². The molecule has 4 N–H and O–H groups in total. The maximum atomic E-state index is 14.0. The topological polar surface area (TPSA) is 169 Å². The number of carbonyl (C=O) groups is 3. The minimum atomic E-state index is -4.10. The van der Waals surface area contributed by atoms with Gasteiger partial charge in [0.1, 0.15) is 17.7 Å². The normalized spacial score (nSPS) is 28.5. The number of nitrogens with two attached hydrogens (primary N) is 1. The van der Waals surface area contributed by atoms with Crippen LogP contribution in [0.4, 0.5) is 0 Å². The lowest BCUT2D eigenvalue weighted by Crippen LogP contribution is -2.58. The minimum Gasteiger partial charge on any atom is -0.459 e. The lowest BCUT2D eigenvalue weighted by molar-refractivity contribution is -0.140. The van der Waals surface area contributed by atoms with E-state index in [0.29, 0.717) is 12.4 Å². The number of allylic oxidation sites excluding steroid dienone is 1. The van der Waals surface area contributed by atoms with Crippen molar-refractivity contribution in [3.05, 3.63) is 36.4 Å². The molecule has 6 unspecified atom stereocenters. The van der Waals surface area contributed by atoms with Gasteiger partial charge in [-0.3, -0.25) is 19.0 Å². The van der Waals surface area contributed by atoms with E-state index in [-0.39, 0.29) is 37.3 Å². The van der Waals surface area contributed by atoms with E-state index in [0.717, 1.165) is 47.4 Å². The Morgan fingerprint density at radius 2 is 2.00 bits per heavy atom. The van der Waals surface area contributed by atoms with E-state index < -0.39 is 45.8 Å². The molecule has 1 aliphatic carbocycles. The average Bonchev–Trinajstić information content (AvgIpc) is 3.34. The van der Waals surface area contributed by atoms with Gasteiger partial charge in [0.15, 0.2) is 0 Å². The van der Waals surface area contributed by atoms with Crippen LogP contribution in [0, 0.1) is 5.92 Å². The molecule has 0 bridgehead atoms. The number of benzene rings is 1. The number of fused-ring (bicyclic) bond motifs is 3. The number of carbonyl (C=O) groups excluding carboxylic acids is 3. The van der Waals surface area contributed by atoms with Crippen molar-refractivity contribution in [1.82, 2.24) is 28.8 Å². The molecule has 1 saturated carbocycles. The SMILES string of the molecule is CCC(C)n1c(OC2CC3C(=O)NC4(C(=O)NS(=O)(=O)N(C)C)CC4C=CCCCCCC(N)C(=O)N3C2)nc2ccccc21. The largest absolute Gasteiger partial charge is 0.459 e. The lowest BCUT2D eigenvalue weighted by atomic mass is 10.1. The summed E-state index contributed by atoms with van der Waals surface area (Å²) in [6, 6.07) is 6.49. The summed E-state index contributed by atoms with van der Waals surface area (Å²) in [5, 5.41) is 2.85. The first-order valence-electron chi connectivity index (χ1n) is 15.8. The highest BCUT2D eigenvalue weighted by molar-refractivity contribution is 7.87. The quantitative estimate of drug-likeness (QED) is 0.385. The summed E-state index contributed by atoms with van der Waals surface area (Å²) >= 11 is 0. The Balaban J connectivity index is 1.44. The van der Waals surface area contributed by atoms with Gasteiger partial charge in [-0.15, -0.1) is 0 Å². The molecule has 1 saturated heterocycles. The number of hydrogen-bond donors (Lipinski definition) is 3. The highest BCUT2D eigenvalue weighted by Gasteiger charge is 2.61. The Morgan fingerprint density at radius 1 is 1.24 bits per heavy atom. The molecule has 246 valence electrons. The molecule has 2 aliphatic heterocycles. The van der Waals surface area contributed by atoms with Gasteiger partial charge in [0, 0.05) is 32.5 Å². The zero-order chi connectivity index (χ0) is 32.5. The number of imidazole rings is 1. The summed E-state index contributed by atoms with van der Waals surface area (Å²) in [6.07, 6.45) is 8.27. The van der Waals surface area contributed by atoms with Gasteiger partial charge in [0.2, 0.25) is 11.8 Å². The number of aromatic nitrogens is 2. The number of rotatable bonds is 7. The van der Waals surface area contributed by atoms with E-state index in [1.54, 1.807) is 0 Å². The molecule has 3 aliphatic rings. The molecule has 14 heteroatoms. The van der Waals surface area contributed by atoms with E-state index >= 15 is 0 Å². The first-order chi connectivity index (χ1) is 21.4. The molecule has 1 aromatic carbocycles. The Bertz CT molecular complexity index is 1570. The van der Waals surface area contributed by atoms with E-state index in [1.165, 1.54) is 19.0 Å². The van der Waals surface area contributed by atoms with Crippen LogP contribution in [-0.2, 0) is 24.6 Å². The van der Waals surface area contributed by atoms with E-state index in [1.807, 2.05) is 41.0 Å². The van der Waals surface area contributed by atoms with Crippen LogP contribution < -0.4 is 20.5 Å². The molecule has 1 aromatic heterocycles. The van der Waals surface area contributed by atoms with E-state index in [9.17, 15) is 22.8 Å². The zero-order valence-electron chi connectivity index (χ0n) is 26.4. The molecule has 0 radical (unpaired) electrons. The van der Waals surface area contributed by atoms with Crippen LogP contribution in [0.25, 0.3) is 11.0 Å². The van der Waals surface area contributed by atoms with Crippen molar-refractivity contribution in [1.29, 1.82) is 0 Å². The fraction of sp³-hybridized carbons (Fsp3) is 0.613. The number of amides is 3. The summed E-state index contributed by atoms with van der Waals surface area (Å²) in [4.78, 5) is 47.3. The van der Waals surface area contributed by atoms with Gasteiger partial charge in [-0.1, -0.05) is 44.1 Å². The summed E-state index contributed by atoms with van der Waals surface area (Å²) < 4.78 is 36.6. The molecular weight excluding hydrogens is 598 g/mol. The first kappa shape index (κ1) is 32.9. The van der Waals surface area contributed by atoms with Crippen LogP contribution in [0.15, 0.2) is 36.4 Å². The molecule has 13 nitrogen and oxygen atoms in total. The standard InChI is InChI=1S/C31H45N7O6S/c1-5-20(2)38-25-16-12-11-15-24(25)33-30(38)44-22-17-26-27(39)34-31(29(41)35-45(42,43)36(3)4)18-21(31)13-9-7-6-8-10-14-23(32)28(40)37(26)19-22/h9,11-13,15-16,20-23,26H,5-8,10,14,17-19,32H2,1-4H3,(H,34,39)(H,35,41). The average molecular weight is 644 g/mol. The monoisotopic (exact) mass is 643 g/mol. The van der Waals surface area contributed by atoms with Crippen LogP contribution >= 0.6 is 0 Å². The van der Waals surface area contributed by atoms with Crippen molar-refractivity contribution in [3.8, 4) is 6.01 Å². The van der Waals surface area contributed by atoms with Gasteiger partial charge in [0.25, 0.3) is 11.9 Å². The van der Waals surface area contributed by atoms with Gasteiger partial charge >= 0.3 is 10.2 Å². The lowest BCUT2D eigenvalue weighted by Gasteiger charge is -2.28. The fourth-order valence-electron chi connectivity index (χ4n) is 6.22. The highest BCUT2D eigenvalue weighted by Crippen LogP contribution is 2.46. The van der Waals surface area contributed by atoms with Crippen LogP contribution in [0.1, 0.15) is 71.3 Å². The zero-order valence-corrected chi connectivity index (χ0v) is 27.3. The molecule has 2 fully saturated rings. The van der Waals surface area contributed by atoms with Crippen LogP contribution in [0.5, 0.6) is 6.01 Å². The molecule has 3 amide bonds. The third-order valence-electron chi connectivity index (χ3n) is 9.26. The number of nitrogens with one attached hydrogen (secondary N) is 2.